The highest BCUT2D eigenvalue weighted by molar-refractivity contribution is 5.73. The fourth-order valence-electron chi connectivity index (χ4n) is 5.40. The van der Waals surface area contributed by atoms with Gasteiger partial charge in [-0.25, -0.2) is 13.6 Å². The number of nitrogens with one attached hydrogen (secondary N) is 1. The number of aryl methyl sites for hydroxylation is 2. The molecule has 0 radical (unpaired) electrons. The lowest BCUT2D eigenvalue weighted by Gasteiger charge is -2.41. The average molecular weight is 582 g/mol. The van der Waals surface area contributed by atoms with Crippen LogP contribution < -0.4 is 14.8 Å². The average Bonchev–Trinajstić information content (AvgIpc) is 2.95. The molecular weight excluding hydrogens is 548 g/mol. The molecule has 0 spiro atoms. The highest BCUT2D eigenvalue weighted by Gasteiger charge is 2.49. The van der Waals surface area contributed by atoms with E-state index in [0.29, 0.717) is 42.7 Å². The molecule has 0 bridgehead atoms. The molecule has 3 aliphatic heterocycles. The van der Waals surface area contributed by atoms with E-state index in [9.17, 15) is 39.1 Å². The number of fused-ring (bicyclic) bond motifs is 2. The van der Waals surface area contributed by atoms with Gasteiger partial charge in [0.25, 0.3) is 0 Å². The molecule has 0 aliphatic carbocycles. The number of ether oxygens (including phenoxy) is 4. The van der Waals surface area contributed by atoms with Crippen LogP contribution in [0.2, 0.25) is 0 Å². The van der Waals surface area contributed by atoms with Gasteiger partial charge in [0.15, 0.2) is 12.4 Å². The molecule has 6 N–H and O–H groups in total. The summed E-state index contributed by atoms with van der Waals surface area (Å²) in [7, 11) is 0. The maximum Gasteiger partial charge on any atom is 0.335 e. The predicted octanol–water partition coefficient (Wildman–Crippen LogP) is 0.280. The highest BCUT2D eigenvalue weighted by Crippen LogP contribution is 2.32. The van der Waals surface area contributed by atoms with Gasteiger partial charge in [-0.3, -0.25) is 0 Å². The fraction of sp³-hybridized carbons (Fsp3) is 0.536. The minimum absolute atomic E-state index is 0.0374. The van der Waals surface area contributed by atoms with Crippen LogP contribution in [0.1, 0.15) is 24.0 Å². The number of hydrogen-bond acceptors (Lipinski definition) is 10. The van der Waals surface area contributed by atoms with Crippen molar-refractivity contribution in [2.45, 2.75) is 80.8 Å². The molecule has 224 valence electrons. The van der Waals surface area contributed by atoms with Crippen LogP contribution in [0.4, 0.5) is 8.78 Å². The first-order valence-electron chi connectivity index (χ1n) is 13.5. The monoisotopic (exact) mass is 581 g/mol. The second-order valence-electron chi connectivity index (χ2n) is 10.5. The van der Waals surface area contributed by atoms with Crippen molar-refractivity contribution in [3.8, 4) is 11.5 Å². The van der Waals surface area contributed by atoms with E-state index in [0.717, 1.165) is 5.56 Å². The summed E-state index contributed by atoms with van der Waals surface area (Å²) in [5, 5.41) is 54.0. The van der Waals surface area contributed by atoms with Crippen molar-refractivity contribution < 1.29 is 58.1 Å². The van der Waals surface area contributed by atoms with Crippen LogP contribution >= 0.6 is 0 Å². The minimum Gasteiger partial charge on any atom is -0.487 e. The predicted molar refractivity (Wildman–Crippen MR) is 136 cm³/mol. The lowest BCUT2D eigenvalue weighted by molar-refractivity contribution is -0.309. The molecule has 11 nitrogen and oxygen atoms in total. The van der Waals surface area contributed by atoms with E-state index in [1.165, 1.54) is 36.4 Å². The van der Waals surface area contributed by atoms with Crippen molar-refractivity contribution in [3.63, 3.8) is 0 Å². The van der Waals surface area contributed by atoms with Gasteiger partial charge in [0.1, 0.15) is 65.9 Å². The third kappa shape index (κ3) is 6.61. The van der Waals surface area contributed by atoms with Crippen molar-refractivity contribution in [1.82, 2.24) is 5.32 Å². The zero-order valence-corrected chi connectivity index (χ0v) is 21.9. The van der Waals surface area contributed by atoms with Crippen LogP contribution in [0.25, 0.3) is 0 Å². The van der Waals surface area contributed by atoms with E-state index in [4.69, 9.17) is 18.9 Å². The van der Waals surface area contributed by atoms with Crippen LogP contribution in [0, 0.1) is 11.6 Å². The molecule has 0 unspecified atom stereocenters. The van der Waals surface area contributed by atoms with Crippen LogP contribution in [-0.2, 0) is 27.1 Å². The van der Waals surface area contributed by atoms with Crippen molar-refractivity contribution in [2.75, 3.05) is 13.1 Å². The number of aliphatic carboxylic acids is 1. The third-order valence-electron chi connectivity index (χ3n) is 7.66. The normalized spacial score (nSPS) is 30.7. The summed E-state index contributed by atoms with van der Waals surface area (Å²) >= 11 is 0. The lowest BCUT2D eigenvalue weighted by atomic mass is 9.97. The molecule has 41 heavy (non-hydrogen) atoms. The first kappa shape index (κ1) is 29.6. The Kier molecular flexibility index (Phi) is 9.04. The van der Waals surface area contributed by atoms with Crippen molar-refractivity contribution in [3.05, 3.63) is 59.2 Å². The molecule has 2 aromatic rings. The van der Waals surface area contributed by atoms with Crippen molar-refractivity contribution >= 4 is 5.97 Å². The standard InChI is InChI=1S/C28H33F2NO10/c29-15-3-7-18-13(9-15)1-5-20(38-18)17(32)11-31-12-22(21-6-2-14-10-16(30)4-8-19(14)39-21)40-28-25(35)23(33)24(34)26(41-28)27(36)37/h3-4,7-10,17,20-26,28,31-35H,1-2,5-6,11-12H2,(H,36,37)/t17-,20+,21+,22+,23+,24+,25-,26+,28+/m1/s1. The molecule has 3 aliphatic rings. The van der Waals surface area contributed by atoms with Gasteiger partial charge < -0.3 is 49.8 Å². The number of aliphatic hydroxyl groups excluding tert-OH is 4. The number of halogens is 2. The summed E-state index contributed by atoms with van der Waals surface area (Å²) in [5.74, 6) is -1.37. The molecule has 9 atom stereocenters. The first-order valence-corrected chi connectivity index (χ1v) is 13.5. The molecule has 0 amide bonds. The van der Waals surface area contributed by atoms with Gasteiger partial charge in [-0.2, -0.15) is 0 Å². The summed E-state index contributed by atoms with van der Waals surface area (Å²) in [4.78, 5) is 11.5. The van der Waals surface area contributed by atoms with E-state index in [2.05, 4.69) is 5.32 Å². The largest absolute Gasteiger partial charge is 0.487 e. The minimum atomic E-state index is -1.88. The number of carbonyl (C=O) groups is 1. The highest BCUT2D eigenvalue weighted by atomic mass is 19.1. The summed E-state index contributed by atoms with van der Waals surface area (Å²) in [6.45, 7) is 0.0957. The Bertz CT molecular complexity index is 1230. The van der Waals surface area contributed by atoms with Gasteiger partial charge in [-0.1, -0.05) is 0 Å². The molecule has 3 heterocycles. The van der Waals surface area contributed by atoms with Gasteiger partial charge in [-0.05, 0) is 73.2 Å². The summed E-state index contributed by atoms with van der Waals surface area (Å²) in [6.07, 6.45) is -10.2. The summed E-state index contributed by atoms with van der Waals surface area (Å²) < 4.78 is 50.4. The molecule has 2 aromatic carbocycles. The van der Waals surface area contributed by atoms with Gasteiger partial charge >= 0.3 is 5.97 Å². The Hall–Kier alpha value is -2.91. The summed E-state index contributed by atoms with van der Waals surface area (Å²) in [5.41, 5.74) is 1.39. The molecule has 1 saturated heterocycles. The molecule has 13 heteroatoms. The van der Waals surface area contributed by atoms with Crippen LogP contribution in [0.3, 0.4) is 0 Å². The molecule has 1 fully saturated rings. The maximum atomic E-state index is 13.7. The SMILES string of the molecule is O=C(O)[C@H]1O[C@H](O[C@@H](CNC[C@@H](O)[C@@H]2CCc3cc(F)ccc3O2)[C@@H]2CCc3cc(F)ccc3O2)[C@H](O)[C@@H](O)[C@@H]1O. The number of hydrogen-bond donors (Lipinski definition) is 6. The van der Waals surface area contributed by atoms with E-state index < -0.39 is 66.9 Å². The fourth-order valence-corrected chi connectivity index (χ4v) is 5.40. The van der Waals surface area contributed by atoms with E-state index in [1.807, 2.05) is 0 Å². The second kappa shape index (κ2) is 12.5. The third-order valence-corrected chi connectivity index (χ3v) is 7.66. The van der Waals surface area contributed by atoms with Crippen LogP contribution in [0.5, 0.6) is 11.5 Å². The quantitative estimate of drug-likeness (QED) is 0.241. The van der Waals surface area contributed by atoms with E-state index >= 15 is 0 Å². The smallest absolute Gasteiger partial charge is 0.335 e. The summed E-state index contributed by atoms with van der Waals surface area (Å²) in [6, 6.07) is 8.33. The molecule has 0 saturated carbocycles. The van der Waals surface area contributed by atoms with Crippen LogP contribution in [-0.4, -0.2) is 99.7 Å². The number of rotatable bonds is 9. The van der Waals surface area contributed by atoms with Crippen LogP contribution in [0.15, 0.2) is 36.4 Å². The van der Waals surface area contributed by atoms with Gasteiger partial charge in [0.2, 0.25) is 0 Å². The Morgan fingerprint density at radius 1 is 0.902 bits per heavy atom. The lowest BCUT2D eigenvalue weighted by Crippen LogP contribution is -2.62. The number of carboxylic acids is 1. The zero-order chi connectivity index (χ0) is 29.3. The second-order valence-corrected chi connectivity index (χ2v) is 10.5. The van der Waals surface area contributed by atoms with E-state index in [-0.39, 0.29) is 18.9 Å². The maximum absolute atomic E-state index is 13.7. The van der Waals surface area contributed by atoms with Crippen molar-refractivity contribution in [2.24, 2.45) is 0 Å². The molecule has 5 rings (SSSR count). The van der Waals surface area contributed by atoms with Crippen molar-refractivity contribution in [1.29, 1.82) is 0 Å². The first-order chi connectivity index (χ1) is 19.6. The number of benzene rings is 2. The Morgan fingerprint density at radius 2 is 1.49 bits per heavy atom. The van der Waals surface area contributed by atoms with Gasteiger partial charge in [-0.15, -0.1) is 0 Å². The topological polar surface area (TPSA) is 167 Å². The molecule has 0 aromatic heterocycles. The van der Waals surface area contributed by atoms with Gasteiger partial charge in [0.05, 0.1) is 0 Å². The Balaban J connectivity index is 1.26. The number of aliphatic hydroxyl groups is 4. The van der Waals surface area contributed by atoms with E-state index in [1.54, 1.807) is 0 Å². The number of carboxylic acid groups (broad SMARTS) is 1. The zero-order valence-electron chi connectivity index (χ0n) is 21.9. The molecular formula is C28H33F2NO10. The van der Waals surface area contributed by atoms with Gasteiger partial charge in [0, 0.05) is 13.1 Å². The Morgan fingerprint density at radius 3 is 2.10 bits per heavy atom. The Labute approximate surface area is 234 Å².